The largest absolute Gasteiger partial charge is 0.508 e. The van der Waals surface area contributed by atoms with Crippen LogP contribution in [0.5, 0.6) is 5.75 Å². The molecule has 2 aromatic carbocycles. The van der Waals surface area contributed by atoms with Crippen LogP contribution < -0.4 is 10.2 Å². The fourth-order valence-electron chi connectivity index (χ4n) is 5.27. The number of terminal acetylenes is 1. The zero-order valence-corrected chi connectivity index (χ0v) is 18.1. The summed E-state index contributed by atoms with van der Waals surface area (Å²) in [5.74, 6) is 3.36. The predicted molar refractivity (Wildman–Crippen MR) is 127 cm³/mol. The lowest BCUT2D eigenvalue weighted by Gasteiger charge is -2.34. The SMILES string of the molecule is C#Cc1cccc2cc(O)cc(-c3ncc4c(N5CC6CCC(C5)N6)nc(C)nc4c3F)c12. The first-order valence-corrected chi connectivity index (χ1v) is 11.1. The Kier molecular flexibility index (Phi) is 4.46. The topological polar surface area (TPSA) is 74.2 Å². The van der Waals surface area contributed by atoms with E-state index in [1.54, 1.807) is 25.3 Å². The predicted octanol–water partition coefficient (Wildman–Crippen LogP) is 3.92. The van der Waals surface area contributed by atoms with Crippen LogP contribution in [-0.2, 0) is 0 Å². The first-order valence-electron chi connectivity index (χ1n) is 11.1. The number of phenols is 1. The van der Waals surface area contributed by atoms with E-state index in [0.29, 0.717) is 39.8 Å². The first kappa shape index (κ1) is 19.9. The summed E-state index contributed by atoms with van der Waals surface area (Å²) < 4.78 is 16.0. The van der Waals surface area contributed by atoms with Crippen LogP contribution in [0.1, 0.15) is 24.2 Å². The Hall–Kier alpha value is -3.76. The zero-order chi connectivity index (χ0) is 22.7. The van der Waals surface area contributed by atoms with Crippen molar-refractivity contribution in [1.82, 2.24) is 20.3 Å². The van der Waals surface area contributed by atoms with Gasteiger partial charge in [-0.05, 0) is 43.4 Å². The van der Waals surface area contributed by atoms with Crippen molar-refractivity contribution in [1.29, 1.82) is 0 Å². The van der Waals surface area contributed by atoms with E-state index in [9.17, 15) is 5.11 Å². The first-order chi connectivity index (χ1) is 16.0. The van der Waals surface area contributed by atoms with Crippen LogP contribution in [0.15, 0.2) is 36.5 Å². The number of pyridine rings is 1. The second-order valence-electron chi connectivity index (χ2n) is 8.86. The fourth-order valence-corrected chi connectivity index (χ4v) is 5.27. The molecular formula is C26H22FN5O. The van der Waals surface area contributed by atoms with Crippen molar-refractivity contribution >= 4 is 27.5 Å². The van der Waals surface area contributed by atoms with Crippen LogP contribution in [-0.4, -0.2) is 45.2 Å². The lowest BCUT2D eigenvalue weighted by Crippen LogP contribution is -2.51. The van der Waals surface area contributed by atoms with Crippen molar-refractivity contribution < 1.29 is 9.50 Å². The van der Waals surface area contributed by atoms with Crippen LogP contribution in [0.2, 0.25) is 0 Å². The number of phenolic OH excluding ortho intramolecular Hbond substituents is 1. The normalized spacial score (nSPS) is 19.8. The average Bonchev–Trinajstić information content (AvgIpc) is 3.15. The van der Waals surface area contributed by atoms with E-state index in [1.807, 2.05) is 12.1 Å². The third-order valence-electron chi connectivity index (χ3n) is 6.66. The van der Waals surface area contributed by atoms with Crippen LogP contribution in [0, 0.1) is 25.1 Å². The monoisotopic (exact) mass is 439 g/mol. The molecule has 0 radical (unpaired) electrons. The standard InChI is InChI=1S/C26H22FN5O/c1-3-15-5-4-6-16-9-19(33)10-20(22(15)16)24-23(27)25-21(11-28-24)26(30-14(2)29-25)32-12-17-7-8-18(13-32)31-17/h1,4-6,9-11,17-18,31,33H,7-8,12-13H2,2H3. The van der Waals surface area contributed by atoms with Crippen LogP contribution in [0.3, 0.4) is 0 Å². The third kappa shape index (κ3) is 3.18. The Morgan fingerprint density at radius 1 is 1.18 bits per heavy atom. The summed E-state index contributed by atoms with van der Waals surface area (Å²) in [7, 11) is 0. The van der Waals surface area contributed by atoms with Gasteiger partial charge in [0.05, 0.1) is 5.39 Å². The average molecular weight is 439 g/mol. The Morgan fingerprint density at radius 3 is 2.73 bits per heavy atom. The summed E-state index contributed by atoms with van der Waals surface area (Å²) in [6.45, 7) is 3.43. The summed E-state index contributed by atoms with van der Waals surface area (Å²) >= 11 is 0. The number of halogens is 1. The molecule has 6 nitrogen and oxygen atoms in total. The van der Waals surface area contributed by atoms with E-state index in [1.165, 1.54) is 6.07 Å². The van der Waals surface area contributed by atoms with Crippen LogP contribution in [0.25, 0.3) is 32.9 Å². The number of piperazine rings is 1. The van der Waals surface area contributed by atoms with Gasteiger partial charge in [0.1, 0.15) is 28.6 Å². The molecule has 164 valence electrons. The summed E-state index contributed by atoms with van der Waals surface area (Å²) in [5, 5.41) is 15.9. The van der Waals surface area contributed by atoms with Crippen molar-refractivity contribution in [3.8, 4) is 29.4 Å². The van der Waals surface area contributed by atoms with Crippen LogP contribution >= 0.6 is 0 Å². The van der Waals surface area contributed by atoms with Gasteiger partial charge in [-0.3, -0.25) is 4.98 Å². The Bertz CT molecular complexity index is 1470. The van der Waals surface area contributed by atoms with Crippen molar-refractivity contribution in [2.75, 3.05) is 18.0 Å². The molecule has 0 amide bonds. The van der Waals surface area contributed by atoms with E-state index in [2.05, 4.69) is 31.1 Å². The number of benzene rings is 2. The minimum absolute atomic E-state index is 0.0174. The number of rotatable bonds is 2. The van der Waals surface area contributed by atoms with Gasteiger partial charge >= 0.3 is 0 Å². The number of fused-ring (bicyclic) bond motifs is 4. The van der Waals surface area contributed by atoms with E-state index >= 15 is 4.39 Å². The lowest BCUT2D eigenvalue weighted by molar-refractivity contribution is 0.464. The molecule has 2 saturated heterocycles. The number of aromatic hydroxyl groups is 1. The second kappa shape index (κ2) is 7.39. The highest BCUT2D eigenvalue weighted by Crippen LogP contribution is 2.38. The van der Waals surface area contributed by atoms with Crippen molar-refractivity contribution in [3.05, 3.63) is 53.7 Å². The number of aromatic nitrogens is 3. The molecule has 2 aliphatic heterocycles. The molecule has 2 bridgehead atoms. The Labute approximate surface area is 190 Å². The van der Waals surface area contributed by atoms with Gasteiger partial charge < -0.3 is 15.3 Å². The highest BCUT2D eigenvalue weighted by atomic mass is 19.1. The molecule has 2 N–H and O–H groups in total. The molecule has 0 saturated carbocycles. The van der Waals surface area contributed by atoms with Gasteiger partial charge in [0, 0.05) is 47.9 Å². The number of hydrogen-bond donors (Lipinski definition) is 2. The van der Waals surface area contributed by atoms with Gasteiger partial charge in [0.2, 0.25) is 0 Å². The summed E-state index contributed by atoms with van der Waals surface area (Å²) in [4.78, 5) is 15.8. The maximum atomic E-state index is 16.0. The summed E-state index contributed by atoms with van der Waals surface area (Å²) in [6, 6.07) is 9.41. The van der Waals surface area contributed by atoms with E-state index in [0.717, 1.165) is 37.1 Å². The van der Waals surface area contributed by atoms with Gasteiger partial charge in [-0.2, -0.15) is 0 Å². The van der Waals surface area contributed by atoms with Gasteiger partial charge in [-0.15, -0.1) is 6.42 Å². The zero-order valence-electron chi connectivity index (χ0n) is 18.1. The number of aryl methyl sites for hydroxylation is 1. The Balaban J connectivity index is 1.57. The molecule has 7 heteroatoms. The summed E-state index contributed by atoms with van der Waals surface area (Å²) in [5.41, 5.74) is 1.38. The third-order valence-corrected chi connectivity index (χ3v) is 6.66. The fraction of sp³-hybridized carbons (Fsp3) is 0.269. The molecular weight excluding hydrogens is 417 g/mol. The molecule has 2 unspecified atom stereocenters. The van der Waals surface area contributed by atoms with Gasteiger partial charge in [-0.25, -0.2) is 14.4 Å². The van der Waals surface area contributed by atoms with Gasteiger partial charge in [0.25, 0.3) is 0 Å². The number of anilines is 1. The highest BCUT2D eigenvalue weighted by Gasteiger charge is 2.34. The van der Waals surface area contributed by atoms with Gasteiger partial charge in [-0.1, -0.05) is 18.1 Å². The molecule has 2 fully saturated rings. The molecule has 2 aliphatic rings. The van der Waals surface area contributed by atoms with Crippen molar-refractivity contribution in [2.45, 2.75) is 31.8 Å². The number of nitrogens with zero attached hydrogens (tertiary/aromatic N) is 4. The van der Waals surface area contributed by atoms with E-state index < -0.39 is 5.82 Å². The van der Waals surface area contributed by atoms with Crippen molar-refractivity contribution in [2.24, 2.45) is 0 Å². The number of hydrogen-bond acceptors (Lipinski definition) is 6. The molecule has 33 heavy (non-hydrogen) atoms. The molecule has 2 atom stereocenters. The van der Waals surface area contributed by atoms with Gasteiger partial charge in [0.15, 0.2) is 5.82 Å². The molecule has 4 heterocycles. The lowest BCUT2D eigenvalue weighted by atomic mass is 9.96. The minimum atomic E-state index is -0.545. The highest BCUT2D eigenvalue weighted by molar-refractivity contribution is 6.02. The molecule has 4 aromatic rings. The van der Waals surface area contributed by atoms with Crippen molar-refractivity contribution in [3.63, 3.8) is 0 Å². The minimum Gasteiger partial charge on any atom is -0.508 e. The second-order valence-corrected chi connectivity index (χ2v) is 8.86. The quantitative estimate of drug-likeness (QED) is 0.461. The summed E-state index contributed by atoms with van der Waals surface area (Å²) in [6.07, 6.45) is 9.64. The molecule has 0 spiro atoms. The molecule has 6 rings (SSSR count). The number of nitrogens with one attached hydrogen (secondary N) is 1. The smallest absolute Gasteiger partial charge is 0.175 e. The maximum absolute atomic E-state index is 16.0. The molecule has 0 aliphatic carbocycles. The Morgan fingerprint density at radius 2 is 1.97 bits per heavy atom. The van der Waals surface area contributed by atoms with E-state index in [-0.39, 0.29) is 17.0 Å². The maximum Gasteiger partial charge on any atom is 0.175 e. The van der Waals surface area contributed by atoms with E-state index in [4.69, 9.17) is 6.42 Å². The molecule has 2 aromatic heterocycles. The van der Waals surface area contributed by atoms with Crippen LogP contribution in [0.4, 0.5) is 10.2 Å².